The predicted octanol–water partition coefficient (Wildman–Crippen LogP) is 0.720. The SMILES string of the molecule is CCNC(=NCCCNS(C)(=O)=O)NC1CCN(C(=O)OCC)CC1.I. The molecule has 26 heavy (non-hydrogen) atoms. The molecule has 0 atom stereocenters. The summed E-state index contributed by atoms with van der Waals surface area (Å²) in [4.78, 5) is 17.9. The second-order valence-electron chi connectivity index (χ2n) is 5.89. The molecule has 1 aliphatic heterocycles. The van der Waals surface area contributed by atoms with Crippen molar-refractivity contribution in [2.45, 2.75) is 39.2 Å². The first-order valence-electron chi connectivity index (χ1n) is 8.77. The van der Waals surface area contributed by atoms with E-state index < -0.39 is 10.0 Å². The second-order valence-corrected chi connectivity index (χ2v) is 7.72. The number of guanidine groups is 1. The first-order chi connectivity index (χ1) is 11.9. The van der Waals surface area contributed by atoms with Crippen molar-refractivity contribution in [3.05, 3.63) is 0 Å². The van der Waals surface area contributed by atoms with Crippen molar-refractivity contribution in [3.8, 4) is 0 Å². The Kier molecular flexibility index (Phi) is 12.9. The summed E-state index contributed by atoms with van der Waals surface area (Å²) >= 11 is 0. The average molecular weight is 505 g/mol. The normalized spacial score (nSPS) is 16.0. The summed E-state index contributed by atoms with van der Waals surface area (Å²) in [7, 11) is -3.15. The number of nitrogens with zero attached hydrogens (tertiary/aromatic N) is 2. The molecule has 1 heterocycles. The Morgan fingerprint density at radius 3 is 2.46 bits per heavy atom. The van der Waals surface area contributed by atoms with E-state index in [1.807, 2.05) is 6.92 Å². The highest BCUT2D eigenvalue weighted by Crippen LogP contribution is 2.11. The number of amides is 1. The molecule has 0 unspecified atom stereocenters. The molecule has 0 aromatic heterocycles. The van der Waals surface area contributed by atoms with Crippen LogP contribution in [0.1, 0.15) is 33.1 Å². The number of nitrogens with one attached hydrogen (secondary N) is 3. The van der Waals surface area contributed by atoms with Gasteiger partial charge in [-0.05, 0) is 33.1 Å². The Labute approximate surface area is 173 Å². The third-order valence-corrected chi connectivity index (χ3v) is 4.40. The molecular weight excluding hydrogens is 473 g/mol. The first kappa shape index (κ1) is 25.2. The van der Waals surface area contributed by atoms with E-state index in [9.17, 15) is 13.2 Å². The molecule has 1 saturated heterocycles. The van der Waals surface area contributed by atoms with Gasteiger partial charge in [0.15, 0.2) is 5.96 Å². The summed E-state index contributed by atoms with van der Waals surface area (Å²) < 4.78 is 29.5. The molecule has 1 amide bonds. The molecule has 0 aromatic rings. The quantitative estimate of drug-likeness (QED) is 0.194. The van der Waals surface area contributed by atoms with E-state index in [1.54, 1.807) is 11.8 Å². The lowest BCUT2D eigenvalue weighted by Gasteiger charge is -2.32. The molecule has 0 aliphatic carbocycles. The maximum absolute atomic E-state index is 11.7. The van der Waals surface area contributed by atoms with Crippen molar-refractivity contribution in [2.24, 2.45) is 4.99 Å². The number of carbonyl (C=O) groups is 1. The molecule has 3 N–H and O–H groups in total. The van der Waals surface area contributed by atoms with Gasteiger partial charge in [0.2, 0.25) is 10.0 Å². The van der Waals surface area contributed by atoms with Gasteiger partial charge in [-0.2, -0.15) is 0 Å². The van der Waals surface area contributed by atoms with Gasteiger partial charge in [-0.25, -0.2) is 17.9 Å². The third-order valence-electron chi connectivity index (χ3n) is 3.68. The predicted molar refractivity (Wildman–Crippen MR) is 114 cm³/mol. The van der Waals surface area contributed by atoms with Gasteiger partial charge in [0.25, 0.3) is 0 Å². The standard InChI is InChI=1S/C15H31N5O4S.HI/c1-4-16-14(17-9-6-10-18-25(3,22)23)19-13-7-11-20(12-8-13)15(21)24-5-2;/h13,18H,4-12H2,1-3H3,(H2,16,17,19);1H. The fourth-order valence-corrected chi connectivity index (χ4v) is 2.98. The van der Waals surface area contributed by atoms with E-state index in [4.69, 9.17) is 4.74 Å². The minimum absolute atomic E-state index is 0. The summed E-state index contributed by atoms with van der Waals surface area (Å²) in [5.74, 6) is 0.719. The maximum atomic E-state index is 11.7. The molecule has 9 nitrogen and oxygen atoms in total. The molecule has 11 heteroatoms. The Balaban J connectivity index is 0.00000625. The minimum atomic E-state index is -3.15. The van der Waals surface area contributed by atoms with Crippen molar-refractivity contribution in [3.63, 3.8) is 0 Å². The van der Waals surface area contributed by atoms with Crippen LogP contribution in [0.15, 0.2) is 4.99 Å². The van der Waals surface area contributed by atoms with Crippen LogP contribution in [0.4, 0.5) is 4.79 Å². The lowest BCUT2D eigenvalue weighted by molar-refractivity contribution is 0.0963. The lowest BCUT2D eigenvalue weighted by atomic mass is 10.1. The number of halogens is 1. The summed E-state index contributed by atoms with van der Waals surface area (Å²) in [5, 5.41) is 6.56. The highest BCUT2D eigenvalue weighted by molar-refractivity contribution is 14.0. The zero-order valence-electron chi connectivity index (χ0n) is 15.8. The van der Waals surface area contributed by atoms with Crippen molar-refractivity contribution in [2.75, 3.05) is 45.6 Å². The summed E-state index contributed by atoms with van der Waals surface area (Å²) in [6.07, 6.45) is 3.19. The molecule has 1 aliphatic rings. The van der Waals surface area contributed by atoms with Crippen molar-refractivity contribution in [1.82, 2.24) is 20.3 Å². The van der Waals surface area contributed by atoms with Crippen LogP contribution in [0.5, 0.6) is 0 Å². The van der Waals surface area contributed by atoms with E-state index in [-0.39, 0.29) is 36.1 Å². The Morgan fingerprint density at radius 2 is 1.92 bits per heavy atom. The second kappa shape index (κ2) is 13.4. The highest BCUT2D eigenvalue weighted by Gasteiger charge is 2.23. The van der Waals surface area contributed by atoms with Gasteiger partial charge in [-0.3, -0.25) is 4.99 Å². The average Bonchev–Trinajstić information content (AvgIpc) is 2.54. The van der Waals surface area contributed by atoms with E-state index in [0.717, 1.165) is 31.6 Å². The van der Waals surface area contributed by atoms with Crippen LogP contribution in [0.3, 0.4) is 0 Å². The fourth-order valence-electron chi connectivity index (χ4n) is 2.46. The lowest BCUT2D eigenvalue weighted by Crippen LogP contribution is -2.50. The van der Waals surface area contributed by atoms with E-state index in [2.05, 4.69) is 20.3 Å². The van der Waals surface area contributed by atoms with Crippen molar-refractivity contribution < 1.29 is 17.9 Å². The molecule has 1 fully saturated rings. The van der Waals surface area contributed by atoms with Gasteiger partial charge >= 0.3 is 6.09 Å². The molecule has 154 valence electrons. The minimum Gasteiger partial charge on any atom is -0.450 e. The van der Waals surface area contributed by atoms with E-state index in [0.29, 0.717) is 39.2 Å². The number of rotatable bonds is 8. The Bertz CT molecular complexity index is 536. The number of carbonyl (C=O) groups excluding carboxylic acids is 1. The Morgan fingerprint density at radius 1 is 1.27 bits per heavy atom. The van der Waals surface area contributed by atoms with Crippen molar-refractivity contribution >= 4 is 46.1 Å². The van der Waals surface area contributed by atoms with Crippen LogP contribution in [0.2, 0.25) is 0 Å². The number of aliphatic imine (C=N–C) groups is 1. The molecule has 1 rings (SSSR count). The van der Waals surface area contributed by atoms with Gasteiger partial charge in [0.05, 0.1) is 12.9 Å². The number of piperidine rings is 1. The summed E-state index contributed by atoms with van der Waals surface area (Å²) in [5.41, 5.74) is 0. The fraction of sp³-hybridized carbons (Fsp3) is 0.867. The number of hydrogen-bond acceptors (Lipinski definition) is 5. The van der Waals surface area contributed by atoms with Crippen LogP contribution in [0, 0.1) is 0 Å². The Hall–Kier alpha value is -0.820. The molecular formula is C15H32IN5O4S. The molecule has 0 aromatic carbocycles. The largest absolute Gasteiger partial charge is 0.450 e. The van der Waals surface area contributed by atoms with E-state index in [1.165, 1.54) is 0 Å². The van der Waals surface area contributed by atoms with Gasteiger partial charge in [-0.15, -0.1) is 24.0 Å². The summed E-state index contributed by atoms with van der Waals surface area (Å²) in [6, 6.07) is 0.248. The number of hydrogen-bond donors (Lipinski definition) is 3. The van der Waals surface area contributed by atoms with Crippen LogP contribution in [-0.4, -0.2) is 77.0 Å². The van der Waals surface area contributed by atoms with Crippen molar-refractivity contribution in [1.29, 1.82) is 0 Å². The third kappa shape index (κ3) is 11.0. The van der Waals surface area contributed by atoms with Gasteiger partial charge in [0.1, 0.15) is 0 Å². The van der Waals surface area contributed by atoms with Crippen LogP contribution in [-0.2, 0) is 14.8 Å². The highest BCUT2D eigenvalue weighted by atomic mass is 127. The topological polar surface area (TPSA) is 112 Å². The smallest absolute Gasteiger partial charge is 0.409 e. The van der Waals surface area contributed by atoms with Gasteiger partial charge in [0, 0.05) is 38.8 Å². The molecule has 0 saturated carbocycles. The number of ether oxygens (including phenoxy) is 1. The van der Waals surface area contributed by atoms with Crippen LogP contribution < -0.4 is 15.4 Å². The zero-order chi connectivity index (χ0) is 18.7. The van der Waals surface area contributed by atoms with Crippen LogP contribution in [0.25, 0.3) is 0 Å². The molecule has 0 spiro atoms. The first-order valence-corrected chi connectivity index (χ1v) is 10.7. The van der Waals surface area contributed by atoms with Crippen LogP contribution >= 0.6 is 24.0 Å². The molecule has 0 radical (unpaired) electrons. The monoisotopic (exact) mass is 505 g/mol. The maximum Gasteiger partial charge on any atom is 0.409 e. The van der Waals surface area contributed by atoms with E-state index >= 15 is 0 Å². The zero-order valence-corrected chi connectivity index (χ0v) is 18.9. The molecule has 0 bridgehead atoms. The number of sulfonamides is 1. The van der Waals surface area contributed by atoms with Gasteiger partial charge in [-0.1, -0.05) is 0 Å². The summed E-state index contributed by atoms with van der Waals surface area (Å²) in [6.45, 7) is 7.15. The van der Waals surface area contributed by atoms with Gasteiger partial charge < -0.3 is 20.3 Å². The number of likely N-dealkylation sites (tertiary alicyclic amines) is 1.